The molecule has 0 spiro atoms. The molecule has 1 aliphatic carbocycles. The number of nitrogens with two attached hydrogens (primary N) is 1. The molecule has 0 radical (unpaired) electrons. The average Bonchev–Trinajstić information content (AvgIpc) is 2.14. The normalized spacial score (nSPS) is 31.9. The van der Waals surface area contributed by atoms with Gasteiger partial charge in [-0.3, -0.25) is 4.79 Å². The van der Waals surface area contributed by atoms with Crippen LogP contribution in [0.15, 0.2) is 0 Å². The lowest BCUT2D eigenvalue weighted by molar-refractivity contribution is -0.126. The van der Waals surface area contributed by atoms with Gasteiger partial charge in [-0.1, -0.05) is 6.92 Å². The highest BCUT2D eigenvalue weighted by Crippen LogP contribution is 2.27. The van der Waals surface area contributed by atoms with Gasteiger partial charge in [0.2, 0.25) is 5.91 Å². The van der Waals surface area contributed by atoms with Gasteiger partial charge in [-0.05, 0) is 25.2 Å². The number of nitriles is 1. The van der Waals surface area contributed by atoms with Crippen molar-refractivity contribution in [2.45, 2.75) is 32.2 Å². The fourth-order valence-corrected chi connectivity index (χ4v) is 2.01. The van der Waals surface area contributed by atoms with E-state index in [1.807, 2.05) is 6.07 Å². The first kappa shape index (κ1) is 11.0. The summed E-state index contributed by atoms with van der Waals surface area (Å²) in [5.41, 5.74) is 5.90. The Kier molecular flexibility index (Phi) is 3.90. The van der Waals surface area contributed by atoms with Crippen LogP contribution >= 0.6 is 0 Å². The van der Waals surface area contributed by atoms with Crippen LogP contribution in [0.4, 0.5) is 0 Å². The summed E-state index contributed by atoms with van der Waals surface area (Å²) in [6.45, 7) is 2.24. The lowest BCUT2D eigenvalue weighted by Crippen LogP contribution is -2.45. The first-order chi connectivity index (χ1) is 6.65. The molecule has 0 aromatic heterocycles. The first-order valence-electron chi connectivity index (χ1n) is 5.05. The summed E-state index contributed by atoms with van der Waals surface area (Å²) in [6, 6.07) is 1.84. The molecule has 0 heterocycles. The lowest BCUT2D eigenvalue weighted by Gasteiger charge is -2.31. The van der Waals surface area contributed by atoms with Gasteiger partial charge in [0, 0.05) is 6.04 Å². The van der Waals surface area contributed by atoms with Crippen LogP contribution in [-0.2, 0) is 4.79 Å². The van der Waals surface area contributed by atoms with Crippen molar-refractivity contribution >= 4 is 5.91 Å². The number of carbonyl (C=O) groups excluding carboxylic acids is 1. The first-order valence-corrected chi connectivity index (χ1v) is 5.05. The zero-order valence-corrected chi connectivity index (χ0v) is 8.49. The van der Waals surface area contributed by atoms with Gasteiger partial charge in [-0.15, -0.1) is 0 Å². The molecule has 4 heteroatoms. The summed E-state index contributed by atoms with van der Waals surface area (Å²) >= 11 is 0. The van der Waals surface area contributed by atoms with Crippen molar-refractivity contribution in [3.63, 3.8) is 0 Å². The molecule has 0 aromatic rings. The topological polar surface area (TPSA) is 78.9 Å². The molecule has 1 aliphatic rings. The molecule has 14 heavy (non-hydrogen) atoms. The van der Waals surface area contributed by atoms with Gasteiger partial charge in [-0.25, -0.2) is 0 Å². The van der Waals surface area contributed by atoms with E-state index in [0.717, 1.165) is 19.3 Å². The van der Waals surface area contributed by atoms with E-state index >= 15 is 0 Å². The molecule has 3 atom stereocenters. The highest BCUT2D eigenvalue weighted by atomic mass is 16.1. The van der Waals surface area contributed by atoms with Crippen LogP contribution in [-0.4, -0.2) is 18.5 Å². The Labute approximate surface area is 84.5 Å². The van der Waals surface area contributed by atoms with Crippen molar-refractivity contribution in [2.24, 2.45) is 17.6 Å². The average molecular weight is 195 g/mol. The predicted molar refractivity (Wildman–Crippen MR) is 53.1 cm³/mol. The highest BCUT2D eigenvalue weighted by molar-refractivity contribution is 5.79. The Balaban J connectivity index is 2.44. The Morgan fingerprint density at radius 2 is 2.36 bits per heavy atom. The van der Waals surface area contributed by atoms with Crippen LogP contribution in [0.1, 0.15) is 26.2 Å². The molecule has 0 bridgehead atoms. The van der Waals surface area contributed by atoms with Gasteiger partial charge in [-0.2, -0.15) is 5.26 Å². The fourth-order valence-electron chi connectivity index (χ4n) is 2.01. The van der Waals surface area contributed by atoms with Gasteiger partial charge in [0.1, 0.15) is 6.54 Å². The molecule has 1 unspecified atom stereocenters. The summed E-state index contributed by atoms with van der Waals surface area (Å²) in [5, 5.41) is 10.9. The maximum atomic E-state index is 11.5. The number of nitrogens with zero attached hydrogens (tertiary/aromatic N) is 1. The van der Waals surface area contributed by atoms with Crippen LogP contribution in [0, 0.1) is 23.2 Å². The van der Waals surface area contributed by atoms with Gasteiger partial charge in [0.25, 0.3) is 0 Å². The van der Waals surface area contributed by atoms with Crippen LogP contribution in [0.5, 0.6) is 0 Å². The summed E-state index contributed by atoms with van der Waals surface area (Å²) in [5.74, 6) is 0.454. The van der Waals surface area contributed by atoms with E-state index < -0.39 is 0 Å². The van der Waals surface area contributed by atoms with Crippen molar-refractivity contribution in [1.82, 2.24) is 5.32 Å². The van der Waals surface area contributed by atoms with E-state index in [-0.39, 0.29) is 24.4 Å². The third-order valence-corrected chi connectivity index (χ3v) is 2.84. The van der Waals surface area contributed by atoms with Gasteiger partial charge in [0.15, 0.2) is 0 Å². The monoisotopic (exact) mass is 195 g/mol. The van der Waals surface area contributed by atoms with E-state index in [4.69, 9.17) is 11.0 Å². The molecule has 78 valence electrons. The second-order valence-electron chi connectivity index (χ2n) is 4.06. The smallest absolute Gasteiger partial charge is 0.225 e. The van der Waals surface area contributed by atoms with Crippen LogP contribution in [0.3, 0.4) is 0 Å². The molecule has 0 aromatic carbocycles. The molecule has 1 rings (SSSR count). The molecule has 1 saturated carbocycles. The van der Waals surface area contributed by atoms with Crippen LogP contribution < -0.4 is 11.1 Å². The van der Waals surface area contributed by atoms with E-state index in [9.17, 15) is 4.79 Å². The third kappa shape index (κ3) is 2.71. The summed E-state index contributed by atoms with van der Waals surface area (Å²) in [6.07, 6.45) is 2.81. The van der Waals surface area contributed by atoms with Crippen molar-refractivity contribution in [3.8, 4) is 6.07 Å². The molecule has 1 fully saturated rings. The molecule has 1 amide bonds. The van der Waals surface area contributed by atoms with Crippen LogP contribution in [0.2, 0.25) is 0 Å². The summed E-state index contributed by atoms with van der Waals surface area (Å²) < 4.78 is 0. The van der Waals surface area contributed by atoms with Gasteiger partial charge in [0.05, 0.1) is 12.0 Å². The maximum Gasteiger partial charge on any atom is 0.225 e. The lowest BCUT2D eigenvalue weighted by atomic mass is 9.79. The third-order valence-electron chi connectivity index (χ3n) is 2.84. The predicted octanol–water partition coefficient (Wildman–Crippen LogP) is 0.390. The van der Waals surface area contributed by atoms with Crippen molar-refractivity contribution < 1.29 is 4.79 Å². The second kappa shape index (κ2) is 4.97. The summed E-state index contributed by atoms with van der Waals surface area (Å²) in [4.78, 5) is 11.5. The number of carbonyl (C=O) groups is 1. The molecule has 3 N–H and O–H groups in total. The zero-order chi connectivity index (χ0) is 10.6. The molecule has 0 aliphatic heterocycles. The minimum atomic E-state index is -0.0976. The van der Waals surface area contributed by atoms with E-state index in [0.29, 0.717) is 5.92 Å². The Bertz CT molecular complexity index is 246. The quantitative estimate of drug-likeness (QED) is 0.625. The molecular weight excluding hydrogens is 178 g/mol. The Morgan fingerprint density at radius 1 is 1.64 bits per heavy atom. The van der Waals surface area contributed by atoms with E-state index in [1.54, 1.807) is 0 Å². The second-order valence-corrected chi connectivity index (χ2v) is 4.06. The minimum absolute atomic E-state index is 0.0440. The number of hydrogen-bond acceptors (Lipinski definition) is 3. The van der Waals surface area contributed by atoms with Gasteiger partial charge >= 0.3 is 0 Å². The fraction of sp³-hybridized carbons (Fsp3) is 0.800. The highest BCUT2D eigenvalue weighted by Gasteiger charge is 2.30. The Morgan fingerprint density at radius 3 is 2.93 bits per heavy atom. The number of rotatable bonds is 2. The van der Waals surface area contributed by atoms with Crippen molar-refractivity contribution in [1.29, 1.82) is 5.26 Å². The largest absolute Gasteiger partial charge is 0.343 e. The Hall–Kier alpha value is -1.08. The summed E-state index contributed by atoms with van der Waals surface area (Å²) in [7, 11) is 0. The maximum absolute atomic E-state index is 11.5. The number of hydrogen-bond donors (Lipinski definition) is 2. The van der Waals surface area contributed by atoms with Crippen molar-refractivity contribution in [3.05, 3.63) is 0 Å². The zero-order valence-electron chi connectivity index (χ0n) is 8.49. The van der Waals surface area contributed by atoms with Crippen molar-refractivity contribution in [2.75, 3.05) is 6.54 Å². The molecule has 4 nitrogen and oxygen atoms in total. The molecule has 0 saturated heterocycles. The minimum Gasteiger partial charge on any atom is -0.343 e. The number of amides is 1. The SMILES string of the molecule is CC1CC[C@@H](C(=O)NCC#N)[C@@H](N)C1. The van der Waals surface area contributed by atoms with E-state index in [2.05, 4.69) is 12.2 Å². The molecular formula is C10H17N3O. The van der Waals surface area contributed by atoms with E-state index in [1.165, 1.54) is 0 Å². The van der Waals surface area contributed by atoms with Gasteiger partial charge < -0.3 is 11.1 Å². The standard InChI is InChI=1S/C10H17N3O/c1-7-2-3-8(9(12)6-7)10(14)13-5-4-11/h7-9H,2-3,5-6,12H2,1H3,(H,13,14)/t7?,8-,9+/m1/s1. The van der Waals surface area contributed by atoms with Crippen LogP contribution in [0.25, 0.3) is 0 Å². The number of nitrogens with one attached hydrogen (secondary N) is 1.